The van der Waals surface area contributed by atoms with Gasteiger partial charge in [0.05, 0.1) is 11.6 Å². The molecule has 0 bridgehead atoms. The number of benzene rings is 3. The van der Waals surface area contributed by atoms with Gasteiger partial charge in [-0.05, 0) is 35.2 Å². The van der Waals surface area contributed by atoms with Crippen molar-refractivity contribution in [3.8, 4) is 6.07 Å². The minimum atomic E-state index is -0.712. The van der Waals surface area contributed by atoms with E-state index in [2.05, 4.69) is 16.3 Å². The van der Waals surface area contributed by atoms with Crippen molar-refractivity contribution >= 4 is 12.0 Å². The molecule has 3 aromatic rings. The van der Waals surface area contributed by atoms with Crippen LogP contribution in [0.5, 0.6) is 0 Å². The highest BCUT2D eigenvalue weighted by Crippen LogP contribution is 2.13. The molecule has 0 unspecified atom stereocenters. The van der Waals surface area contributed by atoms with Gasteiger partial charge in [-0.25, -0.2) is 4.79 Å². The Hall–Kier alpha value is -4.15. The highest BCUT2D eigenvalue weighted by Gasteiger charge is 2.28. The summed E-state index contributed by atoms with van der Waals surface area (Å²) < 4.78 is 5.41. The molecular weight excluding hydrogens is 464 g/mol. The molecule has 7 nitrogen and oxygen atoms in total. The maximum atomic E-state index is 13.6. The second-order valence-electron chi connectivity index (χ2n) is 9.21. The zero-order valence-electron chi connectivity index (χ0n) is 20.9. The number of nitrogens with one attached hydrogen (secondary N) is 1. The molecule has 0 spiro atoms. The average Bonchev–Trinajstić information content (AvgIpc) is 3.18. The van der Waals surface area contributed by atoms with E-state index in [-0.39, 0.29) is 12.5 Å². The largest absolute Gasteiger partial charge is 0.445 e. The number of amides is 2. The van der Waals surface area contributed by atoms with E-state index < -0.39 is 12.1 Å². The first-order valence-electron chi connectivity index (χ1n) is 12.6. The SMILES string of the molecule is N#Cc1ccc(CN2CCCN(C(=O)[C@H](Cc3ccccc3)NC(=O)OCc3ccccc3)CC2)cc1. The van der Waals surface area contributed by atoms with Crippen LogP contribution in [0.3, 0.4) is 0 Å². The highest BCUT2D eigenvalue weighted by atomic mass is 16.5. The molecule has 2 amide bonds. The quantitative estimate of drug-likeness (QED) is 0.507. The van der Waals surface area contributed by atoms with E-state index in [4.69, 9.17) is 10.00 Å². The summed E-state index contributed by atoms with van der Waals surface area (Å²) in [5, 5.41) is 11.8. The molecule has 1 atom stereocenters. The van der Waals surface area contributed by atoms with Crippen LogP contribution in [0.4, 0.5) is 4.79 Å². The number of nitriles is 1. The molecule has 3 aromatic carbocycles. The first kappa shape index (κ1) is 25.9. The summed E-state index contributed by atoms with van der Waals surface area (Å²) in [5.74, 6) is -0.0965. The summed E-state index contributed by atoms with van der Waals surface area (Å²) in [6, 6.07) is 28.2. The third-order valence-electron chi connectivity index (χ3n) is 6.47. The van der Waals surface area contributed by atoms with Crippen LogP contribution in [-0.2, 0) is 29.1 Å². The van der Waals surface area contributed by atoms with Crippen LogP contribution in [-0.4, -0.2) is 54.0 Å². The van der Waals surface area contributed by atoms with Crippen LogP contribution in [0.2, 0.25) is 0 Å². The fourth-order valence-electron chi connectivity index (χ4n) is 4.47. The van der Waals surface area contributed by atoms with E-state index in [1.165, 1.54) is 0 Å². The molecule has 4 rings (SSSR count). The van der Waals surface area contributed by atoms with E-state index in [1.807, 2.05) is 89.8 Å². The maximum absolute atomic E-state index is 13.6. The molecule has 37 heavy (non-hydrogen) atoms. The number of alkyl carbamates (subject to hydrolysis) is 1. The lowest BCUT2D eigenvalue weighted by Gasteiger charge is -2.27. The lowest BCUT2D eigenvalue weighted by atomic mass is 10.0. The van der Waals surface area contributed by atoms with Gasteiger partial charge >= 0.3 is 6.09 Å². The molecule has 0 saturated carbocycles. The number of rotatable bonds is 8. The molecule has 1 aliphatic heterocycles. The fraction of sp³-hybridized carbons (Fsp3) is 0.300. The molecule has 1 fully saturated rings. The molecule has 1 heterocycles. The summed E-state index contributed by atoms with van der Waals surface area (Å²) >= 11 is 0. The molecule has 1 N–H and O–H groups in total. The van der Waals surface area contributed by atoms with Gasteiger partial charge in [0.25, 0.3) is 0 Å². The Bertz CT molecular complexity index is 1190. The van der Waals surface area contributed by atoms with Crippen molar-refractivity contribution in [2.75, 3.05) is 26.2 Å². The lowest BCUT2D eigenvalue weighted by Crippen LogP contribution is -2.50. The van der Waals surface area contributed by atoms with E-state index in [0.717, 1.165) is 42.7 Å². The minimum Gasteiger partial charge on any atom is -0.445 e. The number of hydrogen-bond acceptors (Lipinski definition) is 5. The van der Waals surface area contributed by atoms with Gasteiger partial charge in [0.15, 0.2) is 0 Å². The minimum absolute atomic E-state index is 0.0965. The van der Waals surface area contributed by atoms with Gasteiger partial charge < -0.3 is 15.0 Å². The molecule has 0 aromatic heterocycles. The summed E-state index contributed by atoms with van der Waals surface area (Å²) in [5.41, 5.74) is 3.65. The Kier molecular flexibility index (Phi) is 9.28. The van der Waals surface area contributed by atoms with Crippen molar-refractivity contribution < 1.29 is 14.3 Å². The molecule has 1 saturated heterocycles. The second-order valence-corrected chi connectivity index (χ2v) is 9.21. The molecular formula is C30H32N4O3. The second kappa shape index (κ2) is 13.2. The van der Waals surface area contributed by atoms with Crippen molar-refractivity contribution in [2.45, 2.75) is 32.0 Å². The first-order chi connectivity index (χ1) is 18.1. The molecule has 7 heteroatoms. The summed E-state index contributed by atoms with van der Waals surface area (Å²) in [7, 11) is 0. The summed E-state index contributed by atoms with van der Waals surface area (Å²) in [6.45, 7) is 3.75. The predicted molar refractivity (Wildman–Crippen MR) is 141 cm³/mol. The monoisotopic (exact) mass is 496 g/mol. The third kappa shape index (κ3) is 7.92. The van der Waals surface area contributed by atoms with Gasteiger partial charge in [-0.1, -0.05) is 72.8 Å². The fourth-order valence-corrected chi connectivity index (χ4v) is 4.47. The van der Waals surface area contributed by atoms with Crippen molar-refractivity contribution in [1.29, 1.82) is 5.26 Å². The predicted octanol–water partition coefficient (Wildman–Crippen LogP) is 4.13. The molecule has 0 radical (unpaired) electrons. The van der Waals surface area contributed by atoms with Crippen LogP contribution in [0.25, 0.3) is 0 Å². The number of nitrogens with zero attached hydrogens (tertiary/aromatic N) is 3. The molecule has 1 aliphatic rings. The normalized spacial score (nSPS) is 14.7. The van der Waals surface area contributed by atoms with E-state index >= 15 is 0 Å². The van der Waals surface area contributed by atoms with Crippen LogP contribution in [0, 0.1) is 11.3 Å². The Morgan fingerprint density at radius 1 is 0.838 bits per heavy atom. The van der Waals surface area contributed by atoms with Crippen molar-refractivity contribution in [3.63, 3.8) is 0 Å². The zero-order valence-corrected chi connectivity index (χ0v) is 20.9. The van der Waals surface area contributed by atoms with Crippen LogP contribution in [0.1, 0.15) is 28.7 Å². The molecule has 0 aliphatic carbocycles. The lowest BCUT2D eigenvalue weighted by molar-refractivity contribution is -0.133. The Morgan fingerprint density at radius 2 is 1.51 bits per heavy atom. The summed E-state index contributed by atoms with van der Waals surface area (Å²) in [4.78, 5) is 30.4. The van der Waals surface area contributed by atoms with E-state index in [1.54, 1.807) is 0 Å². The summed E-state index contributed by atoms with van der Waals surface area (Å²) in [6.07, 6.45) is 0.639. The molecule has 190 valence electrons. The number of ether oxygens (including phenoxy) is 1. The Labute approximate surface area is 218 Å². The topological polar surface area (TPSA) is 85.7 Å². The van der Waals surface area contributed by atoms with Crippen molar-refractivity contribution in [3.05, 3.63) is 107 Å². The van der Waals surface area contributed by atoms with E-state index in [9.17, 15) is 9.59 Å². The van der Waals surface area contributed by atoms with Gasteiger partial charge in [0.2, 0.25) is 5.91 Å². The van der Waals surface area contributed by atoms with Gasteiger partial charge in [0.1, 0.15) is 12.6 Å². The average molecular weight is 497 g/mol. The highest BCUT2D eigenvalue weighted by molar-refractivity contribution is 5.86. The van der Waals surface area contributed by atoms with Gasteiger partial charge in [-0.2, -0.15) is 5.26 Å². The Morgan fingerprint density at radius 3 is 2.19 bits per heavy atom. The third-order valence-corrected chi connectivity index (χ3v) is 6.47. The maximum Gasteiger partial charge on any atom is 0.408 e. The smallest absolute Gasteiger partial charge is 0.408 e. The van der Waals surface area contributed by atoms with Crippen LogP contribution in [0.15, 0.2) is 84.9 Å². The van der Waals surface area contributed by atoms with E-state index in [0.29, 0.717) is 25.1 Å². The van der Waals surface area contributed by atoms with Gasteiger partial charge in [-0.3, -0.25) is 9.69 Å². The van der Waals surface area contributed by atoms with Crippen LogP contribution >= 0.6 is 0 Å². The Balaban J connectivity index is 1.37. The van der Waals surface area contributed by atoms with Crippen molar-refractivity contribution in [2.24, 2.45) is 0 Å². The van der Waals surface area contributed by atoms with Crippen molar-refractivity contribution in [1.82, 2.24) is 15.1 Å². The number of hydrogen-bond donors (Lipinski definition) is 1. The van der Waals surface area contributed by atoms with Gasteiger partial charge in [-0.15, -0.1) is 0 Å². The van der Waals surface area contributed by atoms with Gasteiger partial charge in [0, 0.05) is 39.1 Å². The zero-order chi connectivity index (χ0) is 25.9. The van der Waals surface area contributed by atoms with Crippen LogP contribution < -0.4 is 5.32 Å². The number of carbonyl (C=O) groups is 2. The standard InChI is InChI=1S/C30H32N4O3/c31-21-25-12-14-26(15-13-25)22-33-16-7-17-34(19-18-33)29(35)28(20-24-8-3-1-4-9-24)32-30(36)37-23-27-10-5-2-6-11-27/h1-6,8-15,28H,7,16-20,22-23H2,(H,32,36)/t28-/m0/s1. The first-order valence-corrected chi connectivity index (χ1v) is 12.6. The number of carbonyl (C=O) groups excluding carboxylic acids is 2.